The third-order valence-corrected chi connectivity index (χ3v) is 6.13. The Balaban J connectivity index is 1.66. The van der Waals surface area contributed by atoms with Gasteiger partial charge in [-0.3, -0.25) is 14.2 Å². The zero-order valence-electron chi connectivity index (χ0n) is 17.6. The first-order valence-electron chi connectivity index (χ1n) is 9.52. The number of carbonyl (C=O) groups is 1. The van der Waals surface area contributed by atoms with Crippen LogP contribution in [-0.4, -0.2) is 41.1 Å². The van der Waals surface area contributed by atoms with Crippen molar-refractivity contribution >= 4 is 27.5 Å². The van der Waals surface area contributed by atoms with Gasteiger partial charge in [-0.2, -0.15) is 8.78 Å². The lowest BCUT2D eigenvalue weighted by atomic mass is 10.2. The smallest absolute Gasteiger partial charge is 0.387 e. The molecule has 10 heteroatoms. The molecule has 2 heterocycles. The molecular formula is C21H23F2N3O4S. The van der Waals surface area contributed by atoms with Crippen molar-refractivity contribution in [1.29, 1.82) is 0 Å². The second-order valence-electron chi connectivity index (χ2n) is 7.07. The van der Waals surface area contributed by atoms with Gasteiger partial charge in [0, 0.05) is 31.4 Å². The van der Waals surface area contributed by atoms with Crippen molar-refractivity contribution in [2.24, 2.45) is 0 Å². The average molecular weight is 451 g/mol. The van der Waals surface area contributed by atoms with E-state index >= 15 is 0 Å². The molecule has 3 rings (SSSR count). The van der Waals surface area contributed by atoms with E-state index in [0.717, 1.165) is 10.4 Å². The Kier molecular flexibility index (Phi) is 6.89. The topological polar surface area (TPSA) is 73.7 Å². The second kappa shape index (κ2) is 9.42. The van der Waals surface area contributed by atoms with Gasteiger partial charge in [0.25, 0.3) is 5.56 Å². The molecule has 0 saturated carbocycles. The summed E-state index contributed by atoms with van der Waals surface area (Å²) in [5.41, 5.74) is 1.46. The minimum absolute atomic E-state index is 0.0727. The molecule has 0 unspecified atom stereocenters. The SMILES string of the molecule is COc1cc(CN(C)C(=O)CCn2cnc3sc(C)c(C)c3c2=O)ccc1OC(F)F. The van der Waals surface area contributed by atoms with Crippen LogP contribution >= 0.6 is 11.3 Å². The van der Waals surface area contributed by atoms with Gasteiger partial charge in [-0.25, -0.2) is 4.98 Å². The Bertz CT molecular complexity index is 1160. The first-order valence-corrected chi connectivity index (χ1v) is 10.3. The first-order chi connectivity index (χ1) is 14.7. The monoisotopic (exact) mass is 451 g/mol. The molecule has 31 heavy (non-hydrogen) atoms. The molecule has 0 fully saturated rings. The van der Waals surface area contributed by atoms with Crippen molar-refractivity contribution in [3.63, 3.8) is 0 Å². The molecular weight excluding hydrogens is 428 g/mol. The van der Waals surface area contributed by atoms with Crippen LogP contribution in [0.4, 0.5) is 8.78 Å². The fourth-order valence-electron chi connectivity index (χ4n) is 3.20. The van der Waals surface area contributed by atoms with Crippen LogP contribution in [0, 0.1) is 13.8 Å². The van der Waals surface area contributed by atoms with E-state index in [0.29, 0.717) is 15.8 Å². The number of nitrogens with zero attached hydrogens (tertiary/aromatic N) is 3. The van der Waals surface area contributed by atoms with Crippen molar-refractivity contribution in [3.05, 3.63) is 50.9 Å². The number of aryl methyl sites for hydroxylation is 3. The van der Waals surface area contributed by atoms with Crippen LogP contribution in [0.3, 0.4) is 0 Å². The van der Waals surface area contributed by atoms with E-state index in [1.165, 1.54) is 40.3 Å². The van der Waals surface area contributed by atoms with E-state index in [1.54, 1.807) is 19.2 Å². The normalized spacial score (nSPS) is 11.2. The van der Waals surface area contributed by atoms with Gasteiger partial charge >= 0.3 is 6.61 Å². The number of halogens is 2. The van der Waals surface area contributed by atoms with Crippen molar-refractivity contribution < 1.29 is 23.0 Å². The number of aromatic nitrogens is 2. The molecule has 1 aromatic carbocycles. The molecule has 2 aromatic heterocycles. The van der Waals surface area contributed by atoms with Crippen LogP contribution in [0.5, 0.6) is 11.5 Å². The van der Waals surface area contributed by atoms with Crippen molar-refractivity contribution in [2.75, 3.05) is 14.2 Å². The van der Waals surface area contributed by atoms with Crippen LogP contribution in [-0.2, 0) is 17.9 Å². The predicted molar refractivity (Wildman–Crippen MR) is 114 cm³/mol. The van der Waals surface area contributed by atoms with Crippen LogP contribution < -0.4 is 15.0 Å². The largest absolute Gasteiger partial charge is 0.493 e. The Hall–Kier alpha value is -3.01. The number of amides is 1. The number of methoxy groups -OCH3 is 1. The Labute approximate surface area is 181 Å². The Morgan fingerprint density at radius 3 is 2.71 bits per heavy atom. The van der Waals surface area contributed by atoms with E-state index in [-0.39, 0.29) is 42.5 Å². The Morgan fingerprint density at radius 2 is 2.03 bits per heavy atom. The zero-order valence-corrected chi connectivity index (χ0v) is 18.5. The molecule has 7 nitrogen and oxygen atoms in total. The second-order valence-corrected chi connectivity index (χ2v) is 8.27. The maximum absolute atomic E-state index is 12.7. The van der Waals surface area contributed by atoms with Gasteiger partial charge in [0.05, 0.1) is 18.8 Å². The summed E-state index contributed by atoms with van der Waals surface area (Å²) in [4.78, 5) is 32.9. The minimum atomic E-state index is -2.96. The van der Waals surface area contributed by atoms with E-state index < -0.39 is 6.61 Å². The van der Waals surface area contributed by atoms with Gasteiger partial charge in [-0.1, -0.05) is 6.07 Å². The lowest BCUT2D eigenvalue weighted by Crippen LogP contribution is -2.29. The molecule has 0 aliphatic heterocycles. The van der Waals surface area contributed by atoms with E-state index in [1.807, 2.05) is 13.8 Å². The van der Waals surface area contributed by atoms with Crippen LogP contribution in [0.25, 0.3) is 10.2 Å². The molecule has 1 amide bonds. The number of benzene rings is 1. The number of ether oxygens (including phenoxy) is 2. The summed E-state index contributed by atoms with van der Waals surface area (Å²) in [5.74, 6) is -0.0837. The first kappa shape index (κ1) is 22.7. The average Bonchev–Trinajstić information content (AvgIpc) is 3.02. The zero-order chi connectivity index (χ0) is 22.7. The number of alkyl halides is 2. The van der Waals surface area contributed by atoms with Crippen LogP contribution in [0.15, 0.2) is 29.3 Å². The molecule has 0 aliphatic carbocycles. The van der Waals surface area contributed by atoms with Crippen molar-refractivity contribution in [1.82, 2.24) is 14.5 Å². The summed E-state index contributed by atoms with van der Waals surface area (Å²) in [6, 6.07) is 4.52. The molecule has 166 valence electrons. The fourth-order valence-corrected chi connectivity index (χ4v) is 4.19. The van der Waals surface area contributed by atoms with Gasteiger partial charge in [0.2, 0.25) is 5.91 Å². The fraction of sp³-hybridized carbons (Fsp3) is 0.381. The summed E-state index contributed by atoms with van der Waals surface area (Å²) < 4.78 is 35.9. The highest BCUT2D eigenvalue weighted by Crippen LogP contribution is 2.30. The third-order valence-electron chi connectivity index (χ3n) is 5.01. The van der Waals surface area contributed by atoms with Gasteiger partial charge in [0.1, 0.15) is 4.83 Å². The van der Waals surface area contributed by atoms with Crippen LogP contribution in [0.2, 0.25) is 0 Å². The maximum atomic E-state index is 12.7. The van der Waals surface area contributed by atoms with E-state index in [9.17, 15) is 18.4 Å². The van der Waals surface area contributed by atoms with Crippen molar-refractivity contribution in [3.8, 4) is 11.5 Å². The number of thiophene rings is 1. The van der Waals surface area contributed by atoms with Crippen LogP contribution in [0.1, 0.15) is 22.4 Å². The maximum Gasteiger partial charge on any atom is 0.387 e. The highest BCUT2D eigenvalue weighted by molar-refractivity contribution is 7.18. The molecule has 3 aromatic rings. The lowest BCUT2D eigenvalue weighted by Gasteiger charge is -2.19. The number of fused-ring (bicyclic) bond motifs is 1. The Morgan fingerprint density at radius 1 is 1.29 bits per heavy atom. The van der Waals surface area contributed by atoms with Gasteiger partial charge in [-0.05, 0) is 37.1 Å². The molecule has 0 atom stereocenters. The molecule has 0 bridgehead atoms. The summed E-state index contributed by atoms with van der Waals surface area (Å²) in [7, 11) is 2.99. The van der Waals surface area contributed by atoms with Gasteiger partial charge < -0.3 is 14.4 Å². The minimum Gasteiger partial charge on any atom is -0.493 e. The van der Waals surface area contributed by atoms with E-state index in [4.69, 9.17) is 4.74 Å². The molecule has 0 saturated heterocycles. The number of hydrogen-bond donors (Lipinski definition) is 0. The summed E-state index contributed by atoms with van der Waals surface area (Å²) in [6.07, 6.45) is 1.59. The van der Waals surface area contributed by atoms with E-state index in [2.05, 4.69) is 9.72 Å². The lowest BCUT2D eigenvalue weighted by molar-refractivity contribution is -0.130. The molecule has 0 spiro atoms. The summed E-state index contributed by atoms with van der Waals surface area (Å²) in [5, 5.41) is 0.601. The number of hydrogen-bond acceptors (Lipinski definition) is 6. The summed E-state index contributed by atoms with van der Waals surface area (Å²) in [6.45, 7) is 1.35. The predicted octanol–water partition coefficient (Wildman–Crippen LogP) is 3.73. The van der Waals surface area contributed by atoms with Crippen molar-refractivity contribution in [2.45, 2.75) is 40.0 Å². The number of rotatable bonds is 8. The quantitative estimate of drug-likeness (QED) is 0.522. The molecule has 0 radical (unpaired) electrons. The molecule has 0 N–H and O–H groups in total. The highest BCUT2D eigenvalue weighted by atomic mass is 32.1. The number of carbonyl (C=O) groups excluding carboxylic acids is 1. The standard InChI is InChI=1S/C21H23F2N3O4S/c1-12-13(2)31-19-18(12)20(28)26(11-24-19)8-7-17(27)25(3)10-14-5-6-15(30-21(22)23)16(9-14)29-4/h5-6,9,11,21H,7-8,10H2,1-4H3. The molecule has 0 aliphatic rings. The highest BCUT2D eigenvalue weighted by Gasteiger charge is 2.16. The van der Waals surface area contributed by atoms with Gasteiger partial charge in [-0.15, -0.1) is 11.3 Å². The summed E-state index contributed by atoms with van der Waals surface area (Å²) >= 11 is 1.48. The van der Waals surface area contributed by atoms with Gasteiger partial charge in [0.15, 0.2) is 11.5 Å². The third kappa shape index (κ3) is 5.01.